The Hall–Kier alpha value is -3.18. The van der Waals surface area contributed by atoms with Crippen LogP contribution in [0.25, 0.3) is 16.6 Å². The lowest BCUT2D eigenvalue weighted by molar-refractivity contribution is -0.113. The van der Waals surface area contributed by atoms with Crippen LogP contribution >= 0.6 is 23.4 Å². The van der Waals surface area contributed by atoms with Gasteiger partial charge in [-0.15, -0.1) is 0 Å². The molecule has 1 aliphatic heterocycles. The third kappa shape index (κ3) is 5.81. The number of piperidine rings is 1. The monoisotopic (exact) mass is 596 g/mol. The van der Waals surface area contributed by atoms with E-state index in [-0.39, 0.29) is 21.9 Å². The smallest absolute Gasteiger partial charge is 0.266 e. The Labute approximate surface area is 242 Å². The number of para-hydroxylation sites is 1. The normalized spacial score (nSPS) is 14.4. The molecule has 40 heavy (non-hydrogen) atoms. The summed E-state index contributed by atoms with van der Waals surface area (Å²) in [7, 11) is -3.77. The van der Waals surface area contributed by atoms with Crippen LogP contribution in [0.2, 0.25) is 5.02 Å². The maximum Gasteiger partial charge on any atom is 0.266 e. The predicted octanol–water partition coefficient (Wildman–Crippen LogP) is 5.56. The maximum atomic E-state index is 13.5. The van der Waals surface area contributed by atoms with Gasteiger partial charge >= 0.3 is 0 Å². The Balaban J connectivity index is 1.44. The van der Waals surface area contributed by atoms with Gasteiger partial charge in [-0.05, 0) is 74.2 Å². The number of benzene rings is 3. The van der Waals surface area contributed by atoms with Crippen LogP contribution in [0.15, 0.2) is 75.5 Å². The molecule has 208 valence electrons. The number of rotatable bonds is 7. The highest BCUT2D eigenvalue weighted by Gasteiger charge is 2.29. The Morgan fingerprint density at radius 3 is 2.52 bits per heavy atom. The minimum atomic E-state index is -3.77. The number of thioether (sulfide) groups is 1. The molecule has 1 amide bonds. The third-order valence-electron chi connectivity index (χ3n) is 6.83. The molecule has 0 aliphatic carbocycles. The lowest BCUT2D eigenvalue weighted by atomic mass is 10.2. The first-order valence-corrected chi connectivity index (χ1v) is 15.8. The number of aromatic nitrogens is 2. The van der Waals surface area contributed by atoms with Crippen molar-refractivity contribution in [3.63, 3.8) is 0 Å². The summed E-state index contributed by atoms with van der Waals surface area (Å²) >= 11 is 7.45. The van der Waals surface area contributed by atoms with Crippen molar-refractivity contribution < 1.29 is 13.2 Å². The molecule has 2 heterocycles. The second-order valence-electron chi connectivity index (χ2n) is 9.79. The summed E-state index contributed by atoms with van der Waals surface area (Å²) in [5.41, 5.74) is 2.66. The van der Waals surface area contributed by atoms with E-state index in [1.165, 1.54) is 8.87 Å². The minimum Gasteiger partial charge on any atom is -0.324 e. The van der Waals surface area contributed by atoms with Crippen LogP contribution in [-0.2, 0) is 14.8 Å². The highest BCUT2D eigenvalue weighted by atomic mass is 35.5. The summed E-state index contributed by atoms with van der Waals surface area (Å²) in [6.45, 7) is 4.62. The molecule has 0 saturated carbocycles. The fourth-order valence-corrected chi connectivity index (χ4v) is 7.40. The van der Waals surface area contributed by atoms with E-state index in [2.05, 4.69) is 10.3 Å². The molecule has 1 fully saturated rings. The van der Waals surface area contributed by atoms with Gasteiger partial charge in [0.1, 0.15) is 4.90 Å². The fourth-order valence-electron chi connectivity index (χ4n) is 4.66. The summed E-state index contributed by atoms with van der Waals surface area (Å²) in [5.74, 6) is -0.513. The van der Waals surface area contributed by atoms with E-state index in [4.69, 9.17) is 11.6 Å². The van der Waals surface area contributed by atoms with Crippen LogP contribution in [-0.4, -0.2) is 47.0 Å². The number of amides is 1. The van der Waals surface area contributed by atoms with E-state index in [1.807, 2.05) is 19.9 Å². The summed E-state index contributed by atoms with van der Waals surface area (Å²) in [4.78, 5) is 31.4. The zero-order valence-electron chi connectivity index (χ0n) is 22.2. The lowest BCUT2D eigenvalue weighted by Gasteiger charge is -2.27. The number of carbonyl (C=O) groups is 1. The van der Waals surface area contributed by atoms with E-state index in [0.717, 1.165) is 42.2 Å². The van der Waals surface area contributed by atoms with E-state index in [9.17, 15) is 18.0 Å². The first kappa shape index (κ1) is 28.4. The van der Waals surface area contributed by atoms with Gasteiger partial charge in [0, 0.05) is 18.1 Å². The number of fused-ring (bicyclic) bond motifs is 1. The molecule has 0 radical (unpaired) electrons. The van der Waals surface area contributed by atoms with Crippen LogP contribution < -0.4 is 10.9 Å². The topological polar surface area (TPSA) is 101 Å². The molecular weight excluding hydrogens is 568 g/mol. The number of halogens is 1. The van der Waals surface area contributed by atoms with Crippen molar-refractivity contribution in [3.8, 4) is 5.69 Å². The zero-order valence-corrected chi connectivity index (χ0v) is 24.6. The Morgan fingerprint density at radius 1 is 1.02 bits per heavy atom. The van der Waals surface area contributed by atoms with Gasteiger partial charge in [-0.25, -0.2) is 13.4 Å². The van der Waals surface area contributed by atoms with Gasteiger partial charge in [0.05, 0.1) is 28.0 Å². The second-order valence-corrected chi connectivity index (χ2v) is 13.0. The predicted molar refractivity (Wildman–Crippen MR) is 160 cm³/mol. The van der Waals surface area contributed by atoms with Gasteiger partial charge in [-0.3, -0.25) is 14.2 Å². The van der Waals surface area contributed by atoms with Crippen LogP contribution in [0.3, 0.4) is 0 Å². The van der Waals surface area contributed by atoms with E-state index in [1.54, 1.807) is 54.6 Å². The van der Waals surface area contributed by atoms with Gasteiger partial charge < -0.3 is 5.32 Å². The van der Waals surface area contributed by atoms with Crippen molar-refractivity contribution in [1.29, 1.82) is 0 Å². The molecule has 1 N–H and O–H groups in total. The molecule has 3 aromatic carbocycles. The molecule has 0 spiro atoms. The molecular formula is C29H29ClN4O4S2. The Kier molecular flexibility index (Phi) is 8.32. The molecule has 0 atom stereocenters. The Morgan fingerprint density at radius 2 is 1.77 bits per heavy atom. The number of aryl methyl sites for hydroxylation is 2. The van der Waals surface area contributed by atoms with Crippen molar-refractivity contribution >= 4 is 55.9 Å². The molecule has 1 saturated heterocycles. The second kappa shape index (κ2) is 11.7. The highest BCUT2D eigenvalue weighted by Crippen LogP contribution is 2.29. The van der Waals surface area contributed by atoms with E-state index >= 15 is 0 Å². The average molecular weight is 597 g/mol. The lowest BCUT2D eigenvalue weighted by Crippen LogP contribution is -2.36. The largest absolute Gasteiger partial charge is 0.324 e. The highest BCUT2D eigenvalue weighted by molar-refractivity contribution is 7.99. The quantitative estimate of drug-likeness (QED) is 0.221. The van der Waals surface area contributed by atoms with Crippen molar-refractivity contribution in [2.45, 2.75) is 43.2 Å². The SMILES string of the molecule is Cc1ccc(NC(=O)CSc2nc3ccccc3c(=O)n2-c2ccc(C)c(Cl)c2)c(S(=O)(=O)N2CCCCC2)c1. The third-order valence-corrected chi connectivity index (χ3v) is 10.1. The van der Waals surface area contributed by atoms with Crippen molar-refractivity contribution in [2.24, 2.45) is 0 Å². The standard InChI is InChI=1S/C29H29ClN4O4S2/c1-19-10-13-25(26(16-19)40(37,38)33-14-6-3-7-15-33)31-27(35)18-39-29-32-24-9-5-4-8-22(24)28(36)34(29)21-12-11-20(2)23(30)17-21/h4-5,8-13,16-17H,3,6-7,14-15,18H2,1-2H3,(H,31,35). The minimum absolute atomic E-state index is 0.0859. The number of hydrogen-bond donors (Lipinski definition) is 1. The van der Waals surface area contributed by atoms with Crippen LogP contribution in [0.1, 0.15) is 30.4 Å². The van der Waals surface area contributed by atoms with Gasteiger partial charge in [-0.2, -0.15) is 4.31 Å². The number of anilines is 1. The van der Waals surface area contributed by atoms with Gasteiger partial charge in [0.25, 0.3) is 5.56 Å². The van der Waals surface area contributed by atoms with Gasteiger partial charge in [0.2, 0.25) is 15.9 Å². The van der Waals surface area contributed by atoms with Crippen LogP contribution in [0.4, 0.5) is 5.69 Å². The number of carbonyl (C=O) groups excluding carboxylic acids is 1. The van der Waals surface area contributed by atoms with Gasteiger partial charge in [0.15, 0.2) is 5.16 Å². The Bertz CT molecular complexity index is 1770. The van der Waals surface area contributed by atoms with Crippen molar-refractivity contribution in [3.05, 3.63) is 87.2 Å². The molecule has 1 aromatic heterocycles. The van der Waals surface area contributed by atoms with Crippen LogP contribution in [0, 0.1) is 13.8 Å². The summed E-state index contributed by atoms with van der Waals surface area (Å²) in [6, 6.07) is 17.3. The molecule has 4 aromatic rings. The summed E-state index contributed by atoms with van der Waals surface area (Å²) in [6.07, 6.45) is 2.63. The molecule has 0 unspecified atom stereocenters. The zero-order chi connectivity index (χ0) is 28.4. The molecule has 1 aliphatic rings. The van der Waals surface area contributed by atoms with E-state index in [0.29, 0.717) is 39.9 Å². The fraction of sp³-hybridized carbons (Fsp3) is 0.276. The number of nitrogens with one attached hydrogen (secondary N) is 1. The first-order valence-electron chi connectivity index (χ1n) is 13.0. The number of nitrogens with zero attached hydrogens (tertiary/aromatic N) is 3. The van der Waals surface area contributed by atoms with Crippen LogP contribution in [0.5, 0.6) is 0 Å². The average Bonchev–Trinajstić information content (AvgIpc) is 2.95. The molecule has 5 rings (SSSR count). The number of sulfonamides is 1. The van der Waals surface area contributed by atoms with Gasteiger partial charge in [-0.1, -0.05) is 54.0 Å². The molecule has 8 nitrogen and oxygen atoms in total. The molecule has 0 bridgehead atoms. The van der Waals surface area contributed by atoms with Crippen molar-refractivity contribution in [1.82, 2.24) is 13.9 Å². The van der Waals surface area contributed by atoms with Crippen molar-refractivity contribution in [2.75, 3.05) is 24.2 Å². The maximum absolute atomic E-state index is 13.5. The first-order chi connectivity index (χ1) is 19.1. The summed E-state index contributed by atoms with van der Waals surface area (Å²) in [5, 5.41) is 4.05. The number of hydrogen-bond acceptors (Lipinski definition) is 6. The molecule has 11 heteroatoms. The summed E-state index contributed by atoms with van der Waals surface area (Å²) < 4.78 is 29.8. The van der Waals surface area contributed by atoms with E-state index < -0.39 is 15.9 Å².